The fourth-order valence-corrected chi connectivity index (χ4v) is 1.89. The largest absolute Gasteiger partial charge is 0.444 e. The van der Waals surface area contributed by atoms with Crippen molar-refractivity contribution in [3.05, 3.63) is 6.92 Å². The number of hydrogen-bond acceptors (Lipinski definition) is 3. The van der Waals surface area contributed by atoms with Crippen molar-refractivity contribution in [2.24, 2.45) is 0 Å². The van der Waals surface area contributed by atoms with Crippen molar-refractivity contribution in [1.29, 1.82) is 0 Å². The molecule has 5 nitrogen and oxygen atoms in total. The summed E-state index contributed by atoms with van der Waals surface area (Å²) in [5, 5.41) is 2.58. The summed E-state index contributed by atoms with van der Waals surface area (Å²) in [5.74, 6) is 0.0450. The number of alkyl carbamates (subject to hydrolysis) is 1. The molecule has 1 atom stereocenters. The molecule has 1 rings (SSSR count). The van der Waals surface area contributed by atoms with E-state index in [9.17, 15) is 9.59 Å². The maximum absolute atomic E-state index is 11.8. The Labute approximate surface area is 109 Å². The molecule has 5 heteroatoms. The van der Waals surface area contributed by atoms with Crippen molar-refractivity contribution >= 4 is 12.0 Å². The first kappa shape index (κ1) is 14.8. The van der Waals surface area contributed by atoms with Crippen molar-refractivity contribution in [3.8, 4) is 0 Å². The van der Waals surface area contributed by atoms with Crippen LogP contribution in [0.15, 0.2) is 0 Å². The fourth-order valence-electron chi connectivity index (χ4n) is 1.89. The van der Waals surface area contributed by atoms with Crippen LogP contribution in [0.4, 0.5) is 4.79 Å². The van der Waals surface area contributed by atoms with Crippen molar-refractivity contribution < 1.29 is 14.3 Å². The van der Waals surface area contributed by atoms with Gasteiger partial charge in [-0.15, -0.1) is 0 Å². The minimum atomic E-state index is -0.512. The molecule has 0 aromatic carbocycles. The third-order valence-corrected chi connectivity index (χ3v) is 2.70. The zero-order valence-electron chi connectivity index (χ0n) is 11.5. The standard InChI is InChI=1S/C13H23N2O3/c1-10-6-5-9-15(10)11(16)7-8-14-12(17)18-13(2,3)4/h10H,1,5-9H2,2-4H3,(H,14,17). The highest BCUT2D eigenvalue weighted by Crippen LogP contribution is 2.16. The first-order valence-corrected chi connectivity index (χ1v) is 6.39. The van der Waals surface area contributed by atoms with Gasteiger partial charge in [0, 0.05) is 25.6 Å². The van der Waals surface area contributed by atoms with E-state index in [0.29, 0.717) is 13.0 Å². The summed E-state index contributed by atoms with van der Waals surface area (Å²) in [6, 6.07) is 0.0824. The van der Waals surface area contributed by atoms with Crippen LogP contribution in [0.3, 0.4) is 0 Å². The lowest BCUT2D eigenvalue weighted by atomic mass is 10.2. The smallest absolute Gasteiger partial charge is 0.407 e. The van der Waals surface area contributed by atoms with Gasteiger partial charge in [-0.05, 0) is 40.5 Å². The van der Waals surface area contributed by atoms with Crippen molar-refractivity contribution in [3.63, 3.8) is 0 Å². The van der Waals surface area contributed by atoms with Gasteiger partial charge in [-0.2, -0.15) is 0 Å². The lowest BCUT2D eigenvalue weighted by Crippen LogP contribution is -2.38. The van der Waals surface area contributed by atoms with Gasteiger partial charge in [0.05, 0.1) is 0 Å². The van der Waals surface area contributed by atoms with Crippen LogP contribution in [-0.2, 0) is 9.53 Å². The number of nitrogens with one attached hydrogen (secondary N) is 1. The first-order chi connectivity index (χ1) is 8.29. The van der Waals surface area contributed by atoms with E-state index in [1.165, 1.54) is 0 Å². The van der Waals surface area contributed by atoms with Crippen LogP contribution in [-0.4, -0.2) is 41.6 Å². The second-order valence-electron chi connectivity index (χ2n) is 5.56. The maximum atomic E-state index is 11.8. The molecule has 0 aromatic heterocycles. The molecule has 0 saturated carbocycles. The summed E-state index contributed by atoms with van der Waals surface area (Å²) in [4.78, 5) is 24.9. The second-order valence-corrected chi connectivity index (χ2v) is 5.56. The maximum Gasteiger partial charge on any atom is 0.407 e. The second kappa shape index (κ2) is 6.07. The van der Waals surface area contributed by atoms with E-state index in [2.05, 4.69) is 12.2 Å². The molecule has 0 bridgehead atoms. The van der Waals surface area contributed by atoms with Gasteiger partial charge in [0.15, 0.2) is 0 Å². The van der Waals surface area contributed by atoms with Gasteiger partial charge in [0.2, 0.25) is 5.91 Å². The van der Waals surface area contributed by atoms with Gasteiger partial charge < -0.3 is 15.0 Å². The van der Waals surface area contributed by atoms with Crippen LogP contribution in [0, 0.1) is 6.92 Å². The van der Waals surface area contributed by atoms with Gasteiger partial charge in [-0.3, -0.25) is 4.79 Å². The Bertz CT molecular complexity index is 310. The van der Waals surface area contributed by atoms with Gasteiger partial charge in [-0.1, -0.05) is 0 Å². The van der Waals surface area contributed by atoms with Crippen LogP contribution < -0.4 is 5.32 Å². The highest BCUT2D eigenvalue weighted by molar-refractivity contribution is 5.78. The average Bonchev–Trinajstić information content (AvgIpc) is 2.61. The molecule has 103 valence electrons. The SMILES string of the molecule is [CH2]C1CCCN1C(=O)CCNC(=O)OC(C)(C)C. The summed E-state index contributed by atoms with van der Waals surface area (Å²) in [6.07, 6.45) is 1.79. The molecule has 1 aliphatic heterocycles. The number of amides is 2. The fraction of sp³-hybridized carbons (Fsp3) is 0.769. The van der Waals surface area contributed by atoms with E-state index in [-0.39, 0.29) is 11.9 Å². The van der Waals surface area contributed by atoms with Crippen LogP contribution in [0.25, 0.3) is 0 Å². The molecule has 0 aliphatic carbocycles. The molecule has 1 N–H and O–H groups in total. The molecule has 1 aliphatic rings. The van der Waals surface area contributed by atoms with Crippen molar-refractivity contribution in [2.45, 2.75) is 51.7 Å². The monoisotopic (exact) mass is 255 g/mol. The van der Waals surface area contributed by atoms with Crippen LogP contribution in [0.2, 0.25) is 0 Å². The zero-order chi connectivity index (χ0) is 13.8. The Morgan fingerprint density at radius 1 is 1.44 bits per heavy atom. The third kappa shape index (κ3) is 4.94. The van der Waals surface area contributed by atoms with E-state index in [4.69, 9.17) is 4.74 Å². The quantitative estimate of drug-likeness (QED) is 0.835. The lowest BCUT2D eigenvalue weighted by molar-refractivity contribution is -0.131. The topological polar surface area (TPSA) is 58.6 Å². The van der Waals surface area contributed by atoms with Gasteiger partial charge in [0.25, 0.3) is 0 Å². The highest BCUT2D eigenvalue weighted by atomic mass is 16.6. The Kier molecular flexibility index (Phi) is 4.99. The summed E-state index contributed by atoms with van der Waals surface area (Å²) in [7, 11) is 0. The zero-order valence-corrected chi connectivity index (χ0v) is 11.5. The summed E-state index contributed by atoms with van der Waals surface area (Å²) >= 11 is 0. The Morgan fingerprint density at radius 2 is 2.11 bits per heavy atom. The molecule has 1 radical (unpaired) electrons. The van der Waals surface area contributed by atoms with Gasteiger partial charge in [-0.25, -0.2) is 4.79 Å². The first-order valence-electron chi connectivity index (χ1n) is 6.39. The van der Waals surface area contributed by atoms with E-state index in [1.807, 2.05) is 0 Å². The summed E-state index contributed by atoms with van der Waals surface area (Å²) in [6.45, 7) is 10.4. The van der Waals surface area contributed by atoms with Crippen LogP contribution >= 0.6 is 0 Å². The Balaban J connectivity index is 2.21. The van der Waals surface area contributed by atoms with Crippen molar-refractivity contribution in [2.75, 3.05) is 13.1 Å². The summed E-state index contributed by atoms with van der Waals surface area (Å²) in [5.41, 5.74) is -0.512. The van der Waals surface area contributed by atoms with Crippen molar-refractivity contribution in [1.82, 2.24) is 10.2 Å². The number of carbonyl (C=O) groups is 2. The summed E-state index contributed by atoms with van der Waals surface area (Å²) < 4.78 is 5.08. The Morgan fingerprint density at radius 3 is 2.61 bits per heavy atom. The molecular formula is C13H23N2O3. The minimum absolute atomic E-state index is 0.0450. The number of rotatable bonds is 3. The molecule has 2 amide bonds. The third-order valence-electron chi connectivity index (χ3n) is 2.70. The molecule has 1 fully saturated rings. The molecular weight excluding hydrogens is 232 g/mol. The number of hydrogen-bond donors (Lipinski definition) is 1. The average molecular weight is 255 g/mol. The molecule has 1 unspecified atom stereocenters. The predicted molar refractivity (Wildman–Crippen MR) is 68.9 cm³/mol. The number of likely N-dealkylation sites (tertiary alicyclic amines) is 1. The van der Waals surface area contributed by atoms with Crippen LogP contribution in [0.5, 0.6) is 0 Å². The molecule has 1 heterocycles. The molecule has 18 heavy (non-hydrogen) atoms. The number of ether oxygens (including phenoxy) is 1. The van der Waals surface area contributed by atoms with Crippen LogP contribution in [0.1, 0.15) is 40.0 Å². The highest BCUT2D eigenvalue weighted by Gasteiger charge is 2.24. The minimum Gasteiger partial charge on any atom is -0.444 e. The number of carbonyl (C=O) groups excluding carboxylic acids is 2. The lowest BCUT2D eigenvalue weighted by Gasteiger charge is -2.22. The molecule has 0 spiro atoms. The predicted octanol–water partition coefficient (Wildman–Crippen LogP) is 1.73. The molecule has 0 aromatic rings. The van der Waals surface area contributed by atoms with Gasteiger partial charge in [0.1, 0.15) is 5.60 Å². The number of nitrogens with zero attached hydrogens (tertiary/aromatic N) is 1. The van der Waals surface area contributed by atoms with E-state index in [1.54, 1.807) is 25.7 Å². The van der Waals surface area contributed by atoms with Gasteiger partial charge >= 0.3 is 6.09 Å². The van der Waals surface area contributed by atoms with E-state index >= 15 is 0 Å². The normalized spacial score (nSPS) is 19.8. The van der Waals surface area contributed by atoms with E-state index < -0.39 is 11.7 Å². The van der Waals surface area contributed by atoms with E-state index in [0.717, 1.165) is 19.4 Å². The molecule has 1 saturated heterocycles. The Hall–Kier alpha value is -1.26.